The summed E-state index contributed by atoms with van der Waals surface area (Å²) in [6.45, 7) is 0.559. The minimum atomic E-state index is -0.575. The molecule has 0 bridgehead atoms. The van der Waals surface area contributed by atoms with Gasteiger partial charge < -0.3 is 8.83 Å². The molecule has 0 aliphatic rings. The number of aromatic nitrogens is 3. The van der Waals surface area contributed by atoms with Crippen LogP contribution in [0.15, 0.2) is 78.7 Å². The molecule has 0 spiro atoms. The van der Waals surface area contributed by atoms with Crippen molar-refractivity contribution in [2.45, 2.75) is 11.7 Å². The Bertz CT molecular complexity index is 1170. The highest BCUT2D eigenvalue weighted by atomic mass is 79.9. The van der Waals surface area contributed by atoms with Crippen LogP contribution >= 0.6 is 27.7 Å². The lowest BCUT2D eigenvalue weighted by molar-refractivity contribution is -0.402. The summed E-state index contributed by atoms with van der Waals surface area (Å²) in [7, 11) is 0. The smallest absolute Gasteiger partial charge is 0.433 e. The molecule has 0 N–H and O–H groups in total. The highest BCUT2D eigenvalue weighted by molar-refractivity contribution is 9.10. The Labute approximate surface area is 177 Å². The monoisotopic (exact) mass is 472 g/mol. The zero-order chi connectivity index (χ0) is 20.2. The Morgan fingerprint density at radius 3 is 2.62 bits per heavy atom. The molecule has 0 radical (unpaired) electrons. The van der Waals surface area contributed by atoms with Gasteiger partial charge in [-0.3, -0.25) is 14.7 Å². The molecule has 0 unspecified atom stereocenters. The fourth-order valence-electron chi connectivity index (χ4n) is 2.59. The maximum absolute atomic E-state index is 10.7. The van der Waals surface area contributed by atoms with Crippen LogP contribution in [0.2, 0.25) is 0 Å². The van der Waals surface area contributed by atoms with Gasteiger partial charge in [0.25, 0.3) is 0 Å². The highest BCUT2D eigenvalue weighted by Crippen LogP contribution is 2.29. The molecule has 0 saturated carbocycles. The van der Waals surface area contributed by atoms with Crippen molar-refractivity contribution >= 4 is 39.7 Å². The van der Waals surface area contributed by atoms with E-state index in [1.807, 2.05) is 41.0 Å². The molecule has 1 aromatic carbocycles. The number of benzene rings is 1. The quantitative estimate of drug-likeness (QED) is 0.195. The fraction of sp³-hybridized carbons (Fsp3) is 0.0526. The first-order valence-electron chi connectivity index (χ1n) is 8.40. The molecule has 0 saturated heterocycles. The van der Waals surface area contributed by atoms with Crippen molar-refractivity contribution in [1.82, 2.24) is 14.8 Å². The van der Waals surface area contributed by atoms with Gasteiger partial charge in [0, 0.05) is 0 Å². The summed E-state index contributed by atoms with van der Waals surface area (Å²) >= 11 is 4.64. The van der Waals surface area contributed by atoms with E-state index >= 15 is 0 Å². The van der Waals surface area contributed by atoms with Crippen LogP contribution in [-0.4, -0.2) is 19.7 Å². The van der Waals surface area contributed by atoms with Crippen LogP contribution < -0.4 is 0 Å². The van der Waals surface area contributed by atoms with E-state index < -0.39 is 4.92 Å². The topological polar surface area (TPSA) is 100 Å². The summed E-state index contributed by atoms with van der Waals surface area (Å²) in [6, 6.07) is 16.4. The molecule has 0 fully saturated rings. The van der Waals surface area contributed by atoms with Gasteiger partial charge in [-0.25, -0.2) is 0 Å². The maximum Gasteiger partial charge on any atom is 0.433 e. The summed E-state index contributed by atoms with van der Waals surface area (Å²) in [4.78, 5) is 10.1. The molecule has 0 aliphatic carbocycles. The molecule has 3 aromatic heterocycles. The predicted molar refractivity (Wildman–Crippen MR) is 111 cm³/mol. The van der Waals surface area contributed by atoms with Crippen LogP contribution in [0, 0.1) is 10.1 Å². The lowest BCUT2D eigenvalue weighted by Crippen LogP contribution is -2.03. The second-order valence-electron chi connectivity index (χ2n) is 5.84. The first-order valence-corrected chi connectivity index (χ1v) is 10.1. The molecule has 3 heterocycles. The Morgan fingerprint density at radius 2 is 1.93 bits per heavy atom. The Kier molecular flexibility index (Phi) is 5.63. The van der Waals surface area contributed by atoms with Gasteiger partial charge in [-0.05, 0) is 51.2 Å². The number of nitro groups is 1. The minimum Gasteiger partial charge on any atom is -0.446 e. The fourth-order valence-corrected chi connectivity index (χ4v) is 3.59. The lowest BCUT2D eigenvalue weighted by atomic mass is 10.2. The lowest BCUT2D eigenvalue weighted by Gasteiger charge is -2.08. The number of furan rings is 2. The number of nitrogens with zero attached hydrogens (tertiary/aromatic N) is 4. The third-order valence-electron chi connectivity index (χ3n) is 3.89. The van der Waals surface area contributed by atoms with Gasteiger partial charge in [0.2, 0.25) is 5.82 Å². The zero-order valence-corrected chi connectivity index (χ0v) is 17.2. The van der Waals surface area contributed by atoms with Gasteiger partial charge in [-0.1, -0.05) is 42.1 Å². The minimum absolute atomic E-state index is 0.299. The molecule has 146 valence electrons. The largest absolute Gasteiger partial charge is 0.446 e. The molecule has 0 atom stereocenters. The molecule has 8 nitrogen and oxygen atoms in total. The Morgan fingerprint density at radius 1 is 1.10 bits per heavy atom. The van der Waals surface area contributed by atoms with Gasteiger partial charge >= 0.3 is 5.88 Å². The average Bonchev–Trinajstić information content (AvgIpc) is 3.44. The van der Waals surface area contributed by atoms with E-state index in [0.29, 0.717) is 33.7 Å². The molecule has 0 amide bonds. The molecular formula is C19H13BrN4O4S. The van der Waals surface area contributed by atoms with Gasteiger partial charge in [-0.2, -0.15) is 0 Å². The number of thioether (sulfide) groups is 1. The second-order valence-corrected chi connectivity index (χ2v) is 7.49. The molecule has 4 rings (SSSR count). The first-order chi connectivity index (χ1) is 14.1. The number of halogens is 1. The average molecular weight is 473 g/mol. The number of rotatable bonds is 7. The van der Waals surface area contributed by atoms with E-state index in [9.17, 15) is 10.1 Å². The summed E-state index contributed by atoms with van der Waals surface area (Å²) in [5.41, 5.74) is 1.09. The summed E-state index contributed by atoms with van der Waals surface area (Å²) in [5.74, 6) is 1.28. The van der Waals surface area contributed by atoms with Gasteiger partial charge in [0.15, 0.2) is 15.6 Å². The normalized spacial score (nSPS) is 11.3. The van der Waals surface area contributed by atoms with Gasteiger partial charge in [-0.15, -0.1) is 10.2 Å². The van der Waals surface area contributed by atoms with Crippen LogP contribution in [0.5, 0.6) is 0 Å². The van der Waals surface area contributed by atoms with E-state index in [1.54, 1.807) is 17.6 Å². The van der Waals surface area contributed by atoms with Gasteiger partial charge in [0.05, 0.1) is 12.6 Å². The van der Waals surface area contributed by atoms with Crippen molar-refractivity contribution in [3.8, 4) is 11.6 Å². The summed E-state index contributed by atoms with van der Waals surface area (Å²) in [5, 5.41) is 21.7. The van der Waals surface area contributed by atoms with E-state index in [2.05, 4.69) is 26.1 Å². The first kappa shape index (κ1) is 19.2. The molecule has 10 heteroatoms. The van der Waals surface area contributed by atoms with Crippen LogP contribution in [0.25, 0.3) is 17.7 Å². The van der Waals surface area contributed by atoms with Crippen molar-refractivity contribution in [3.05, 3.63) is 86.1 Å². The number of hydrogen-bond acceptors (Lipinski definition) is 7. The van der Waals surface area contributed by atoms with Crippen molar-refractivity contribution in [3.63, 3.8) is 0 Å². The standard InChI is InChI=1S/C19H13BrN4O4S/c20-16-8-7-15(28-16)18-21-22-19(23(18)12-13-4-2-1-3-5-13)29-11-10-14-6-9-17(27-14)24(25)26/h1-11H,12H2/b11-10+. The predicted octanol–water partition coefficient (Wildman–Crippen LogP) is 5.61. The van der Waals surface area contributed by atoms with Crippen LogP contribution in [-0.2, 0) is 6.54 Å². The molecule has 4 aromatic rings. The Balaban J connectivity index is 1.60. The Hall–Kier alpha value is -3.11. The van der Waals surface area contributed by atoms with E-state index in [1.165, 1.54) is 23.9 Å². The molecule has 0 aliphatic heterocycles. The van der Waals surface area contributed by atoms with Crippen LogP contribution in [0.1, 0.15) is 11.3 Å². The third kappa shape index (κ3) is 4.49. The van der Waals surface area contributed by atoms with E-state index in [4.69, 9.17) is 8.83 Å². The highest BCUT2D eigenvalue weighted by Gasteiger charge is 2.17. The summed E-state index contributed by atoms with van der Waals surface area (Å²) < 4.78 is 13.3. The van der Waals surface area contributed by atoms with E-state index in [-0.39, 0.29) is 5.88 Å². The molecular weight excluding hydrogens is 460 g/mol. The number of hydrogen-bond donors (Lipinski definition) is 0. The van der Waals surface area contributed by atoms with Crippen molar-refractivity contribution < 1.29 is 13.8 Å². The SMILES string of the molecule is O=[N+]([O-])c1ccc(/C=C/Sc2nnc(-c3ccc(Br)o3)n2Cc2ccccc2)o1. The zero-order valence-electron chi connectivity index (χ0n) is 14.8. The summed E-state index contributed by atoms with van der Waals surface area (Å²) in [6.07, 6.45) is 1.64. The second kappa shape index (κ2) is 8.50. The molecule has 29 heavy (non-hydrogen) atoms. The van der Waals surface area contributed by atoms with Crippen molar-refractivity contribution in [2.75, 3.05) is 0 Å². The maximum atomic E-state index is 10.7. The van der Waals surface area contributed by atoms with Crippen molar-refractivity contribution in [1.29, 1.82) is 0 Å². The van der Waals surface area contributed by atoms with E-state index in [0.717, 1.165) is 5.56 Å². The third-order valence-corrected chi connectivity index (χ3v) is 5.10. The van der Waals surface area contributed by atoms with Crippen molar-refractivity contribution in [2.24, 2.45) is 0 Å². The van der Waals surface area contributed by atoms with Crippen LogP contribution in [0.3, 0.4) is 0 Å². The van der Waals surface area contributed by atoms with Crippen LogP contribution in [0.4, 0.5) is 5.88 Å². The van der Waals surface area contributed by atoms with Gasteiger partial charge in [0.1, 0.15) is 10.7 Å².